The molecule has 1 aliphatic heterocycles. The minimum Gasteiger partial charge on any atom is -0.392 e. The summed E-state index contributed by atoms with van der Waals surface area (Å²) in [5, 5.41) is 9.09. The van der Waals surface area contributed by atoms with Crippen molar-refractivity contribution < 1.29 is 14.7 Å². The van der Waals surface area contributed by atoms with Crippen LogP contribution in [0.25, 0.3) is 0 Å². The van der Waals surface area contributed by atoms with E-state index in [4.69, 9.17) is 5.11 Å². The van der Waals surface area contributed by atoms with E-state index in [1.54, 1.807) is 6.92 Å². The van der Waals surface area contributed by atoms with Crippen LogP contribution >= 0.6 is 0 Å². The molecule has 4 heteroatoms. The topological polar surface area (TPSA) is 57.6 Å². The fourth-order valence-corrected chi connectivity index (χ4v) is 1.43. The van der Waals surface area contributed by atoms with Crippen LogP contribution in [0.2, 0.25) is 0 Å². The molecule has 0 aromatic heterocycles. The zero-order valence-electron chi connectivity index (χ0n) is 7.82. The molecule has 1 aliphatic rings. The summed E-state index contributed by atoms with van der Waals surface area (Å²) in [5.41, 5.74) is 0. The predicted molar refractivity (Wildman–Crippen MR) is 46.9 cm³/mol. The minimum absolute atomic E-state index is 0.137. The molecule has 1 atom stereocenters. The fraction of sp³-hybridized carbons (Fsp3) is 0.778. The normalized spacial score (nSPS) is 21.5. The van der Waals surface area contributed by atoms with Crippen molar-refractivity contribution in [2.45, 2.75) is 38.7 Å². The first-order valence-corrected chi connectivity index (χ1v) is 4.62. The maximum absolute atomic E-state index is 11.4. The first kappa shape index (κ1) is 10.2. The number of rotatable bonds is 2. The first-order chi connectivity index (χ1) is 6.11. The molecule has 0 saturated carbocycles. The molecule has 2 amide bonds. The second-order valence-corrected chi connectivity index (χ2v) is 3.45. The molecular formula is C9H15NO3. The lowest BCUT2D eigenvalue weighted by Crippen LogP contribution is -2.39. The highest BCUT2D eigenvalue weighted by atomic mass is 16.3. The van der Waals surface area contributed by atoms with Gasteiger partial charge in [0.2, 0.25) is 11.8 Å². The monoisotopic (exact) mass is 185 g/mol. The number of hydrogen-bond donors (Lipinski definition) is 1. The van der Waals surface area contributed by atoms with Crippen LogP contribution in [0.4, 0.5) is 0 Å². The molecule has 1 saturated heterocycles. The van der Waals surface area contributed by atoms with Gasteiger partial charge in [0, 0.05) is 12.8 Å². The third-order valence-corrected chi connectivity index (χ3v) is 2.08. The third-order valence-electron chi connectivity index (χ3n) is 2.08. The standard InChI is InChI=1S/C9H15NO3/c1-7(11)6-10-8(12)4-2-3-5-9(10)13/h7,11H,2-6H2,1H3. The number of nitrogens with zero attached hydrogens (tertiary/aromatic N) is 1. The zero-order chi connectivity index (χ0) is 9.84. The van der Waals surface area contributed by atoms with Crippen LogP contribution in [0.15, 0.2) is 0 Å². The molecule has 1 unspecified atom stereocenters. The molecule has 0 aliphatic carbocycles. The Balaban J connectivity index is 2.63. The van der Waals surface area contributed by atoms with Crippen LogP contribution in [0, 0.1) is 0 Å². The van der Waals surface area contributed by atoms with Crippen LogP contribution < -0.4 is 0 Å². The van der Waals surface area contributed by atoms with Gasteiger partial charge in [-0.2, -0.15) is 0 Å². The lowest BCUT2D eigenvalue weighted by Gasteiger charge is -2.19. The number of aliphatic hydroxyl groups excluding tert-OH is 1. The smallest absolute Gasteiger partial charge is 0.229 e. The van der Waals surface area contributed by atoms with E-state index in [9.17, 15) is 9.59 Å². The molecule has 0 radical (unpaired) electrons. The Bertz CT molecular complexity index is 195. The van der Waals surface area contributed by atoms with Crippen molar-refractivity contribution >= 4 is 11.8 Å². The van der Waals surface area contributed by atoms with E-state index < -0.39 is 6.10 Å². The lowest BCUT2D eigenvalue weighted by molar-refractivity contribution is -0.145. The van der Waals surface area contributed by atoms with E-state index >= 15 is 0 Å². The van der Waals surface area contributed by atoms with E-state index in [-0.39, 0.29) is 18.4 Å². The molecule has 1 rings (SSSR count). The van der Waals surface area contributed by atoms with Crippen LogP contribution in [0.5, 0.6) is 0 Å². The van der Waals surface area contributed by atoms with Gasteiger partial charge in [-0.1, -0.05) is 0 Å². The van der Waals surface area contributed by atoms with Gasteiger partial charge >= 0.3 is 0 Å². The van der Waals surface area contributed by atoms with Gasteiger partial charge in [0.15, 0.2) is 0 Å². The predicted octanol–water partition coefficient (Wildman–Crippen LogP) is 0.296. The summed E-state index contributed by atoms with van der Waals surface area (Å²) in [4.78, 5) is 23.9. The quantitative estimate of drug-likeness (QED) is 0.629. The fourth-order valence-electron chi connectivity index (χ4n) is 1.43. The Hall–Kier alpha value is -0.900. The van der Waals surface area contributed by atoms with Gasteiger partial charge in [-0.15, -0.1) is 0 Å². The van der Waals surface area contributed by atoms with Crippen molar-refractivity contribution in [3.8, 4) is 0 Å². The Morgan fingerprint density at radius 1 is 1.31 bits per heavy atom. The number of β-amino-alcohol motifs (C(OH)–C–C–N with tert-alkyl or cyclic N) is 1. The lowest BCUT2D eigenvalue weighted by atomic mass is 10.2. The molecule has 1 fully saturated rings. The largest absolute Gasteiger partial charge is 0.392 e. The van der Waals surface area contributed by atoms with E-state index in [0.29, 0.717) is 12.8 Å². The van der Waals surface area contributed by atoms with Crippen LogP contribution in [-0.4, -0.2) is 34.5 Å². The van der Waals surface area contributed by atoms with E-state index in [2.05, 4.69) is 0 Å². The third kappa shape index (κ3) is 2.81. The van der Waals surface area contributed by atoms with Crippen molar-refractivity contribution in [1.82, 2.24) is 4.90 Å². The van der Waals surface area contributed by atoms with Gasteiger partial charge in [0.25, 0.3) is 0 Å². The summed E-state index contributed by atoms with van der Waals surface area (Å²) in [6.07, 6.45) is 1.78. The van der Waals surface area contributed by atoms with E-state index in [0.717, 1.165) is 12.8 Å². The Morgan fingerprint density at radius 2 is 1.77 bits per heavy atom. The highest BCUT2D eigenvalue weighted by Gasteiger charge is 2.24. The number of carbonyl (C=O) groups excluding carboxylic acids is 2. The highest BCUT2D eigenvalue weighted by Crippen LogP contribution is 2.12. The van der Waals surface area contributed by atoms with Gasteiger partial charge in [-0.05, 0) is 19.8 Å². The summed E-state index contributed by atoms with van der Waals surface area (Å²) in [7, 11) is 0. The van der Waals surface area contributed by atoms with Crippen molar-refractivity contribution in [3.05, 3.63) is 0 Å². The Labute approximate surface area is 77.5 Å². The molecule has 13 heavy (non-hydrogen) atoms. The molecule has 1 N–H and O–H groups in total. The van der Waals surface area contributed by atoms with Crippen LogP contribution in [0.3, 0.4) is 0 Å². The van der Waals surface area contributed by atoms with Gasteiger partial charge in [0.05, 0.1) is 12.6 Å². The van der Waals surface area contributed by atoms with Crippen molar-refractivity contribution in [2.24, 2.45) is 0 Å². The number of aliphatic hydroxyl groups is 1. The molecule has 4 nitrogen and oxygen atoms in total. The molecule has 74 valence electrons. The van der Waals surface area contributed by atoms with E-state index in [1.807, 2.05) is 0 Å². The average Bonchev–Trinajstić information content (AvgIpc) is 2.18. The highest BCUT2D eigenvalue weighted by molar-refractivity contribution is 5.96. The van der Waals surface area contributed by atoms with Gasteiger partial charge in [-0.3, -0.25) is 14.5 Å². The molecular weight excluding hydrogens is 170 g/mol. The van der Waals surface area contributed by atoms with E-state index in [1.165, 1.54) is 4.90 Å². The van der Waals surface area contributed by atoms with Gasteiger partial charge in [-0.25, -0.2) is 0 Å². The van der Waals surface area contributed by atoms with Crippen molar-refractivity contribution in [2.75, 3.05) is 6.54 Å². The minimum atomic E-state index is -0.633. The number of imide groups is 1. The molecule has 0 bridgehead atoms. The summed E-state index contributed by atoms with van der Waals surface area (Å²) in [6.45, 7) is 1.71. The number of carbonyl (C=O) groups is 2. The Morgan fingerprint density at radius 3 is 2.15 bits per heavy atom. The Kier molecular flexibility index (Phi) is 3.42. The first-order valence-electron chi connectivity index (χ1n) is 4.62. The van der Waals surface area contributed by atoms with Crippen LogP contribution in [0.1, 0.15) is 32.6 Å². The number of hydrogen-bond acceptors (Lipinski definition) is 3. The van der Waals surface area contributed by atoms with Crippen molar-refractivity contribution in [3.63, 3.8) is 0 Å². The zero-order valence-corrected chi connectivity index (χ0v) is 7.82. The second kappa shape index (κ2) is 4.37. The summed E-state index contributed by atoms with van der Waals surface area (Å²) in [6, 6.07) is 0. The average molecular weight is 185 g/mol. The summed E-state index contributed by atoms with van der Waals surface area (Å²) in [5.74, 6) is -0.299. The second-order valence-electron chi connectivity index (χ2n) is 3.45. The molecule has 1 heterocycles. The molecule has 0 aromatic rings. The summed E-state index contributed by atoms with van der Waals surface area (Å²) >= 11 is 0. The maximum Gasteiger partial charge on any atom is 0.229 e. The molecule has 0 aromatic carbocycles. The maximum atomic E-state index is 11.4. The SMILES string of the molecule is CC(O)CN1C(=O)CCCCC1=O. The van der Waals surface area contributed by atoms with Crippen LogP contribution in [-0.2, 0) is 9.59 Å². The molecule has 0 spiro atoms. The summed E-state index contributed by atoms with van der Waals surface area (Å²) < 4.78 is 0. The number of likely N-dealkylation sites (tertiary alicyclic amines) is 1. The van der Waals surface area contributed by atoms with Crippen molar-refractivity contribution in [1.29, 1.82) is 0 Å². The van der Waals surface area contributed by atoms with Gasteiger partial charge in [0.1, 0.15) is 0 Å². The number of amides is 2. The van der Waals surface area contributed by atoms with Gasteiger partial charge < -0.3 is 5.11 Å².